The van der Waals surface area contributed by atoms with E-state index in [-0.39, 0.29) is 12.4 Å². The predicted octanol–water partition coefficient (Wildman–Crippen LogP) is 0.896. The summed E-state index contributed by atoms with van der Waals surface area (Å²) in [5, 5.41) is 8.54. The molecule has 1 aromatic heterocycles. The van der Waals surface area contributed by atoms with Crippen LogP contribution in [0.2, 0.25) is 0 Å². The second-order valence-corrected chi connectivity index (χ2v) is 4.79. The molecule has 6 heteroatoms. The van der Waals surface area contributed by atoms with Gasteiger partial charge in [0, 0.05) is 25.8 Å². The largest absolute Gasteiger partial charge is 0.480 e. The van der Waals surface area contributed by atoms with Crippen LogP contribution in [0.1, 0.15) is 12.5 Å². The standard InChI is InChI=1S/C12H15FN2O3/c1-12(18-6-11(16)17)7-15(8-12)5-9-2-10(13)4-14-3-9/h2-4H,5-8H2,1H3,(H,16,17). The van der Waals surface area contributed by atoms with E-state index in [2.05, 4.69) is 9.88 Å². The Kier molecular flexibility index (Phi) is 3.58. The number of aromatic nitrogens is 1. The molecule has 1 fully saturated rings. The van der Waals surface area contributed by atoms with Crippen LogP contribution in [-0.4, -0.2) is 46.3 Å². The SMILES string of the molecule is CC1(OCC(=O)O)CN(Cc2cncc(F)c2)C1. The molecular formula is C12H15FN2O3. The van der Waals surface area contributed by atoms with E-state index in [9.17, 15) is 9.18 Å². The van der Waals surface area contributed by atoms with Gasteiger partial charge in [-0.15, -0.1) is 0 Å². The molecule has 0 aromatic carbocycles. The van der Waals surface area contributed by atoms with Gasteiger partial charge in [-0.25, -0.2) is 9.18 Å². The number of nitrogens with zero attached hydrogens (tertiary/aromatic N) is 2. The van der Waals surface area contributed by atoms with E-state index < -0.39 is 11.6 Å². The van der Waals surface area contributed by atoms with Crippen LogP contribution in [0.3, 0.4) is 0 Å². The molecule has 1 aliphatic heterocycles. The summed E-state index contributed by atoms with van der Waals surface area (Å²) >= 11 is 0. The number of likely N-dealkylation sites (tertiary alicyclic amines) is 1. The molecule has 0 atom stereocenters. The quantitative estimate of drug-likeness (QED) is 0.845. The van der Waals surface area contributed by atoms with Crippen molar-refractivity contribution in [2.24, 2.45) is 0 Å². The molecule has 0 saturated carbocycles. The molecule has 1 aromatic rings. The van der Waals surface area contributed by atoms with Gasteiger partial charge in [-0.05, 0) is 18.6 Å². The van der Waals surface area contributed by atoms with Crippen molar-refractivity contribution < 1.29 is 19.0 Å². The van der Waals surface area contributed by atoms with E-state index in [0.717, 1.165) is 5.56 Å². The minimum Gasteiger partial charge on any atom is -0.480 e. The van der Waals surface area contributed by atoms with Gasteiger partial charge in [0.1, 0.15) is 12.4 Å². The highest BCUT2D eigenvalue weighted by Crippen LogP contribution is 2.26. The van der Waals surface area contributed by atoms with Crippen molar-refractivity contribution in [2.75, 3.05) is 19.7 Å². The monoisotopic (exact) mass is 254 g/mol. The molecule has 98 valence electrons. The molecule has 1 saturated heterocycles. The Labute approximate surface area is 104 Å². The highest BCUT2D eigenvalue weighted by molar-refractivity contribution is 5.68. The summed E-state index contributed by atoms with van der Waals surface area (Å²) in [6, 6.07) is 1.45. The first-order valence-electron chi connectivity index (χ1n) is 5.64. The summed E-state index contributed by atoms with van der Waals surface area (Å²) in [4.78, 5) is 16.2. The summed E-state index contributed by atoms with van der Waals surface area (Å²) < 4.78 is 18.2. The maximum absolute atomic E-state index is 12.9. The molecule has 2 rings (SSSR count). The van der Waals surface area contributed by atoms with Crippen LogP contribution < -0.4 is 0 Å². The highest BCUT2D eigenvalue weighted by atomic mass is 19.1. The van der Waals surface area contributed by atoms with Gasteiger partial charge >= 0.3 is 5.97 Å². The predicted molar refractivity (Wildman–Crippen MR) is 61.5 cm³/mol. The molecule has 18 heavy (non-hydrogen) atoms. The van der Waals surface area contributed by atoms with Crippen molar-refractivity contribution in [3.05, 3.63) is 29.8 Å². The number of aliphatic carboxylic acids is 1. The Hall–Kier alpha value is -1.53. The van der Waals surface area contributed by atoms with Gasteiger partial charge in [0.2, 0.25) is 0 Å². The lowest BCUT2D eigenvalue weighted by Crippen LogP contribution is -2.61. The van der Waals surface area contributed by atoms with Crippen LogP contribution in [0.5, 0.6) is 0 Å². The fraction of sp³-hybridized carbons (Fsp3) is 0.500. The van der Waals surface area contributed by atoms with E-state index in [1.165, 1.54) is 12.3 Å². The number of carboxylic acid groups (broad SMARTS) is 1. The molecule has 0 radical (unpaired) electrons. The second-order valence-electron chi connectivity index (χ2n) is 4.79. The number of hydrogen-bond donors (Lipinski definition) is 1. The minimum absolute atomic E-state index is 0.286. The van der Waals surface area contributed by atoms with Crippen molar-refractivity contribution >= 4 is 5.97 Å². The van der Waals surface area contributed by atoms with Crippen LogP contribution in [0.15, 0.2) is 18.5 Å². The van der Waals surface area contributed by atoms with Gasteiger partial charge in [0.15, 0.2) is 0 Å². The number of carboxylic acids is 1. The van der Waals surface area contributed by atoms with E-state index >= 15 is 0 Å². The molecule has 0 bridgehead atoms. The summed E-state index contributed by atoms with van der Waals surface area (Å²) in [6.45, 7) is 3.45. The van der Waals surface area contributed by atoms with E-state index in [1.807, 2.05) is 6.92 Å². The average molecular weight is 254 g/mol. The topological polar surface area (TPSA) is 62.7 Å². The Balaban J connectivity index is 1.80. The molecule has 1 N–H and O–H groups in total. The van der Waals surface area contributed by atoms with E-state index in [4.69, 9.17) is 9.84 Å². The number of halogens is 1. The first kappa shape index (κ1) is 12.9. The second kappa shape index (κ2) is 4.99. The number of rotatable bonds is 5. The summed E-state index contributed by atoms with van der Waals surface area (Å²) in [5.41, 5.74) is 0.384. The lowest BCUT2D eigenvalue weighted by Gasteiger charge is -2.47. The van der Waals surface area contributed by atoms with Gasteiger partial charge in [-0.2, -0.15) is 0 Å². The molecule has 0 spiro atoms. The molecule has 1 aliphatic rings. The zero-order chi connectivity index (χ0) is 13.2. The van der Waals surface area contributed by atoms with Gasteiger partial charge < -0.3 is 9.84 Å². The van der Waals surface area contributed by atoms with Crippen molar-refractivity contribution in [1.29, 1.82) is 0 Å². The number of carbonyl (C=O) groups is 1. The normalized spacial score (nSPS) is 18.3. The molecule has 2 heterocycles. The zero-order valence-corrected chi connectivity index (χ0v) is 10.1. The third-order valence-corrected chi connectivity index (χ3v) is 2.83. The number of hydrogen-bond acceptors (Lipinski definition) is 4. The smallest absolute Gasteiger partial charge is 0.329 e. The van der Waals surface area contributed by atoms with Crippen LogP contribution in [0.25, 0.3) is 0 Å². The Bertz CT molecular complexity index is 447. The summed E-state index contributed by atoms with van der Waals surface area (Å²) in [6.07, 6.45) is 2.79. The van der Waals surface area contributed by atoms with Crippen LogP contribution in [0, 0.1) is 5.82 Å². The maximum atomic E-state index is 12.9. The highest BCUT2D eigenvalue weighted by Gasteiger charge is 2.39. The maximum Gasteiger partial charge on any atom is 0.329 e. The Morgan fingerprint density at radius 3 is 2.94 bits per heavy atom. The van der Waals surface area contributed by atoms with Crippen molar-refractivity contribution in [3.63, 3.8) is 0 Å². The van der Waals surface area contributed by atoms with E-state index in [0.29, 0.717) is 19.6 Å². The number of ether oxygens (including phenoxy) is 1. The van der Waals surface area contributed by atoms with Gasteiger partial charge in [0.25, 0.3) is 0 Å². The average Bonchev–Trinajstić information content (AvgIpc) is 2.24. The molecule has 0 amide bonds. The molecule has 0 unspecified atom stereocenters. The minimum atomic E-state index is -0.969. The third-order valence-electron chi connectivity index (χ3n) is 2.83. The summed E-state index contributed by atoms with van der Waals surface area (Å²) in [7, 11) is 0. The fourth-order valence-corrected chi connectivity index (χ4v) is 2.14. The van der Waals surface area contributed by atoms with E-state index in [1.54, 1.807) is 6.20 Å². The van der Waals surface area contributed by atoms with Crippen LogP contribution in [0.4, 0.5) is 4.39 Å². The van der Waals surface area contributed by atoms with Gasteiger partial charge in [-0.1, -0.05) is 0 Å². The first-order valence-corrected chi connectivity index (χ1v) is 5.64. The lowest BCUT2D eigenvalue weighted by atomic mass is 9.96. The number of pyridine rings is 1. The van der Waals surface area contributed by atoms with Gasteiger partial charge in [-0.3, -0.25) is 9.88 Å². The molecular weight excluding hydrogens is 239 g/mol. The van der Waals surface area contributed by atoms with Crippen LogP contribution >= 0.6 is 0 Å². The van der Waals surface area contributed by atoms with Gasteiger partial charge in [0.05, 0.1) is 11.8 Å². The Morgan fingerprint density at radius 1 is 1.61 bits per heavy atom. The van der Waals surface area contributed by atoms with Crippen molar-refractivity contribution in [3.8, 4) is 0 Å². The first-order chi connectivity index (χ1) is 8.47. The third kappa shape index (κ3) is 3.24. The van der Waals surface area contributed by atoms with Crippen molar-refractivity contribution in [2.45, 2.75) is 19.1 Å². The zero-order valence-electron chi connectivity index (χ0n) is 10.1. The van der Waals surface area contributed by atoms with Crippen LogP contribution in [-0.2, 0) is 16.1 Å². The molecule has 5 nitrogen and oxygen atoms in total. The Morgan fingerprint density at radius 2 is 2.33 bits per heavy atom. The fourth-order valence-electron chi connectivity index (χ4n) is 2.14. The van der Waals surface area contributed by atoms with Crippen molar-refractivity contribution in [1.82, 2.24) is 9.88 Å². The molecule has 0 aliphatic carbocycles. The summed E-state index contributed by atoms with van der Waals surface area (Å²) in [5.74, 6) is -1.32. The lowest BCUT2D eigenvalue weighted by molar-refractivity contribution is -0.165.